The number of carboxylic acids is 1. The molecule has 0 aliphatic carbocycles. The molecule has 102 valence electrons. The van der Waals surface area contributed by atoms with Gasteiger partial charge in [0.05, 0.1) is 10.5 Å². The number of nitro groups is 1. The van der Waals surface area contributed by atoms with Gasteiger partial charge in [0.1, 0.15) is 5.69 Å². The van der Waals surface area contributed by atoms with Gasteiger partial charge in [0.15, 0.2) is 5.69 Å². The van der Waals surface area contributed by atoms with E-state index in [9.17, 15) is 19.7 Å². The summed E-state index contributed by atoms with van der Waals surface area (Å²) in [7, 11) is 0. The molecule has 20 heavy (non-hydrogen) atoms. The van der Waals surface area contributed by atoms with Crippen molar-refractivity contribution in [1.82, 2.24) is 15.4 Å². The van der Waals surface area contributed by atoms with Gasteiger partial charge in [-0.15, -0.1) is 0 Å². The minimum Gasteiger partial charge on any atom is -0.478 e. The summed E-state index contributed by atoms with van der Waals surface area (Å²) in [6, 6.07) is 3.14. The zero-order valence-electron chi connectivity index (χ0n) is 9.73. The highest BCUT2D eigenvalue weighted by atomic mass is 16.6. The normalized spacial score (nSPS) is 10.2. The summed E-state index contributed by atoms with van der Waals surface area (Å²) >= 11 is 0. The number of nitrogens with one attached hydrogen (secondary N) is 1. The Kier molecular flexibility index (Phi) is 3.13. The molecule has 0 saturated carbocycles. The number of benzene rings is 1. The number of nitrogens with two attached hydrogens (primary N) is 1. The lowest BCUT2D eigenvalue weighted by Crippen LogP contribution is -2.13. The number of primary amides is 1. The van der Waals surface area contributed by atoms with Crippen LogP contribution in [0.1, 0.15) is 20.8 Å². The van der Waals surface area contributed by atoms with Gasteiger partial charge in [0, 0.05) is 17.7 Å². The van der Waals surface area contributed by atoms with Crippen LogP contribution in [0.5, 0.6) is 0 Å². The van der Waals surface area contributed by atoms with E-state index in [1.807, 2.05) is 0 Å². The minimum absolute atomic E-state index is 0.00523. The molecule has 10 nitrogen and oxygen atoms in total. The summed E-state index contributed by atoms with van der Waals surface area (Å²) < 4.78 is 0. The van der Waals surface area contributed by atoms with E-state index >= 15 is 0 Å². The second kappa shape index (κ2) is 4.76. The lowest BCUT2D eigenvalue weighted by molar-refractivity contribution is -0.384. The Morgan fingerprint density at radius 2 is 2.05 bits per heavy atom. The molecule has 10 heteroatoms. The van der Waals surface area contributed by atoms with Gasteiger partial charge in [-0.05, 0) is 6.07 Å². The molecule has 1 amide bonds. The van der Waals surface area contributed by atoms with Gasteiger partial charge in [-0.2, -0.15) is 15.4 Å². The van der Waals surface area contributed by atoms with Gasteiger partial charge in [-0.25, -0.2) is 4.79 Å². The molecule has 1 aromatic heterocycles. The van der Waals surface area contributed by atoms with Crippen molar-refractivity contribution in [3.8, 4) is 11.3 Å². The van der Waals surface area contributed by atoms with Crippen molar-refractivity contribution in [2.45, 2.75) is 0 Å². The zero-order valence-corrected chi connectivity index (χ0v) is 9.73. The lowest BCUT2D eigenvalue weighted by atomic mass is 10.0. The molecule has 0 fully saturated rings. The third-order valence-electron chi connectivity index (χ3n) is 2.48. The van der Waals surface area contributed by atoms with Crippen molar-refractivity contribution >= 4 is 17.6 Å². The molecule has 1 aromatic carbocycles. The van der Waals surface area contributed by atoms with Crippen molar-refractivity contribution < 1.29 is 19.6 Å². The number of carboxylic acid groups (broad SMARTS) is 1. The third kappa shape index (κ3) is 2.16. The summed E-state index contributed by atoms with van der Waals surface area (Å²) in [5.41, 5.74) is 3.99. The Morgan fingerprint density at radius 1 is 1.35 bits per heavy atom. The number of amides is 1. The molecular formula is C10H7N5O5. The molecule has 0 bridgehead atoms. The number of hydrogen-bond acceptors (Lipinski definition) is 6. The predicted octanol–water partition coefficient (Wildman–Crippen LogP) is 0.177. The highest BCUT2D eigenvalue weighted by Gasteiger charge is 2.23. The molecular weight excluding hydrogens is 270 g/mol. The van der Waals surface area contributed by atoms with Crippen LogP contribution in [0.2, 0.25) is 0 Å². The van der Waals surface area contributed by atoms with Crippen LogP contribution in [0, 0.1) is 10.1 Å². The maximum Gasteiger partial charge on any atom is 0.336 e. The number of nitrogens with zero attached hydrogens (tertiary/aromatic N) is 3. The van der Waals surface area contributed by atoms with Gasteiger partial charge in [0.2, 0.25) is 0 Å². The van der Waals surface area contributed by atoms with Gasteiger partial charge in [0.25, 0.3) is 11.6 Å². The average Bonchev–Trinajstić information content (AvgIpc) is 2.86. The second-order valence-corrected chi connectivity index (χ2v) is 3.68. The molecule has 0 saturated heterocycles. The molecule has 0 unspecified atom stereocenters. The number of nitro benzene ring substituents is 1. The van der Waals surface area contributed by atoms with Crippen LogP contribution in [0.15, 0.2) is 18.2 Å². The van der Waals surface area contributed by atoms with Crippen LogP contribution in [0.4, 0.5) is 5.69 Å². The van der Waals surface area contributed by atoms with Gasteiger partial charge in [-0.1, -0.05) is 0 Å². The van der Waals surface area contributed by atoms with Gasteiger partial charge < -0.3 is 10.8 Å². The first kappa shape index (κ1) is 13.1. The molecule has 0 atom stereocenters. The smallest absolute Gasteiger partial charge is 0.336 e. The molecule has 0 radical (unpaired) electrons. The van der Waals surface area contributed by atoms with E-state index in [1.165, 1.54) is 6.07 Å². The summed E-state index contributed by atoms with van der Waals surface area (Å²) in [5.74, 6) is -2.30. The van der Waals surface area contributed by atoms with E-state index in [2.05, 4.69) is 15.4 Å². The number of H-pyrrole nitrogens is 1. The number of aromatic nitrogens is 3. The van der Waals surface area contributed by atoms with Crippen molar-refractivity contribution in [3.05, 3.63) is 39.6 Å². The Balaban J connectivity index is 2.68. The average molecular weight is 277 g/mol. The third-order valence-corrected chi connectivity index (χ3v) is 2.48. The van der Waals surface area contributed by atoms with Crippen molar-refractivity contribution in [2.75, 3.05) is 0 Å². The molecule has 1 heterocycles. The maximum absolute atomic E-state index is 11.2. The fraction of sp³-hybridized carbons (Fsp3) is 0. The number of non-ortho nitro benzene ring substituents is 1. The molecule has 4 N–H and O–H groups in total. The Morgan fingerprint density at radius 3 is 2.60 bits per heavy atom. The largest absolute Gasteiger partial charge is 0.478 e. The van der Waals surface area contributed by atoms with Crippen molar-refractivity contribution in [2.24, 2.45) is 5.73 Å². The van der Waals surface area contributed by atoms with Crippen LogP contribution < -0.4 is 5.73 Å². The first-order valence-electron chi connectivity index (χ1n) is 5.14. The SMILES string of the molecule is NC(=O)c1n[nH]nc1-c1ccc([N+](=O)[O-])cc1C(=O)O. The van der Waals surface area contributed by atoms with Crippen LogP contribution in [-0.4, -0.2) is 37.3 Å². The zero-order chi connectivity index (χ0) is 14.9. The Labute approximate surface area is 110 Å². The Bertz CT molecular complexity index is 723. The fourth-order valence-electron chi connectivity index (χ4n) is 1.62. The lowest BCUT2D eigenvalue weighted by Gasteiger charge is -2.03. The Hall–Kier alpha value is -3.30. The monoisotopic (exact) mass is 277 g/mol. The summed E-state index contributed by atoms with van der Waals surface area (Å²) in [6.45, 7) is 0. The van der Waals surface area contributed by atoms with E-state index in [-0.39, 0.29) is 22.5 Å². The van der Waals surface area contributed by atoms with Crippen LogP contribution >= 0.6 is 0 Å². The standard InChI is InChI=1S/C10H7N5O5/c11-9(16)8-7(12-14-13-8)5-2-1-4(15(19)20)3-6(5)10(17)18/h1-3H,(H2,11,16)(H,17,18)(H,12,13,14). The number of carbonyl (C=O) groups excluding carboxylic acids is 1. The van der Waals surface area contributed by atoms with Crippen LogP contribution in [-0.2, 0) is 0 Å². The predicted molar refractivity (Wildman–Crippen MR) is 64.0 cm³/mol. The van der Waals surface area contributed by atoms with E-state index in [0.29, 0.717) is 0 Å². The number of aromatic amines is 1. The van der Waals surface area contributed by atoms with Gasteiger partial charge in [-0.3, -0.25) is 14.9 Å². The number of aromatic carboxylic acids is 1. The maximum atomic E-state index is 11.2. The van der Waals surface area contributed by atoms with E-state index in [0.717, 1.165) is 12.1 Å². The number of rotatable bonds is 4. The molecule has 0 aliphatic heterocycles. The molecule has 0 aliphatic rings. The topological polar surface area (TPSA) is 165 Å². The summed E-state index contributed by atoms with van der Waals surface area (Å²) in [5, 5.41) is 29.1. The minimum atomic E-state index is -1.40. The summed E-state index contributed by atoms with van der Waals surface area (Å²) in [6.07, 6.45) is 0. The fourth-order valence-corrected chi connectivity index (χ4v) is 1.62. The second-order valence-electron chi connectivity index (χ2n) is 3.68. The van der Waals surface area contributed by atoms with E-state index < -0.39 is 22.5 Å². The van der Waals surface area contributed by atoms with Crippen molar-refractivity contribution in [1.29, 1.82) is 0 Å². The molecule has 2 rings (SSSR count). The molecule has 2 aromatic rings. The number of carbonyl (C=O) groups is 2. The first-order valence-corrected chi connectivity index (χ1v) is 5.14. The molecule has 0 spiro atoms. The van der Waals surface area contributed by atoms with E-state index in [4.69, 9.17) is 10.8 Å². The highest BCUT2D eigenvalue weighted by Crippen LogP contribution is 2.27. The van der Waals surface area contributed by atoms with Crippen LogP contribution in [0.25, 0.3) is 11.3 Å². The van der Waals surface area contributed by atoms with Crippen molar-refractivity contribution in [3.63, 3.8) is 0 Å². The van der Waals surface area contributed by atoms with Crippen LogP contribution in [0.3, 0.4) is 0 Å². The van der Waals surface area contributed by atoms with Gasteiger partial charge >= 0.3 is 5.97 Å². The summed E-state index contributed by atoms with van der Waals surface area (Å²) in [4.78, 5) is 32.3. The van der Waals surface area contributed by atoms with E-state index in [1.54, 1.807) is 0 Å². The quantitative estimate of drug-likeness (QED) is 0.529. The number of hydrogen-bond donors (Lipinski definition) is 3. The first-order chi connectivity index (χ1) is 9.41. The highest BCUT2D eigenvalue weighted by molar-refractivity contribution is 6.02.